The zero-order valence-electron chi connectivity index (χ0n) is 14.2. The van der Waals surface area contributed by atoms with Gasteiger partial charge >= 0.3 is 0 Å². The number of pyridine rings is 1. The number of thioether (sulfide) groups is 1. The summed E-state index contributed by atoms with van der Waals surface area (Å²) in [5.41, 5.74) is 2.24. The third kappa shape index (κ3) is 4.31. The summed E-state index contributed by atoms with van der Waals surface area (Å²) in [5, 5.41) is 12.4. The molecule has 1 N–H and O–H groups in total. The number of nitrogens with one attached hydrogen (secondary N) is 1. The van der Waals surface area contributed by atoms with Crippen molar-refractivity contribution in [2.75, 3.05) is 12.4 Å². The topological polar surface area (TPSA) is 75.0 Å². The van der Waals surface area contributed by atoms with Crippen molar-refractivity contribution < 1.29 is 9.53 Å². The van der Waals surface area contributed by atoms with Gasteiger partial charge in [-0.3, -0.25) is 4.79 Å². The Labute approximate surface area is 151 Å². The van der Waals surface area contributed by atoms with Crippen LogP contribution in [0.15, 0.2) is 41.4 Å². The first-order valence-corrected chi connectivity index (χ1v) is 9.01. The van der Waals surface area contributed by atoms with Gasteiger partial charge in [0.25, 0.3) is 0 Å². The summed E-state index contributed by atoms with van der Waals surface area (Å²) < 4.78 is 5.11. The van der Waals surface area contributed by atoms with Crippen LogP contribution >= 0.6 is 11.8 Å². The fourth-order valence-corrected chi connectivity index (χ4v) is 3.27. The highest BCUT2D eigenvalue weighted by Crippen LogP contribution is 2.40. The fourth-order valence-electron chi connectivity index (χ4n) is 2.38. The van der Waals surface area contributed by atoms with E-state index in [4.69, 9.17) is 4.74 Å². The van der Waals surface area contributed by atoms with Crippen molar-refractivity contribution in [1.29, 1.82) is 5.26 Å². The Morgan fingerprint density at radius 2 is 2.04 bits per heavy atom. The minimum absolute atomic E-state index is 0.127. The fraction of sp³-hybridized carbons (Fsp3) is 0.316. The van der Waals surface area contributed by atoms with Crippen LogP contribution in [0.4, 0.5) is 5.69 Å². The average Bonchev–Trinajstić information content (AvgIpc) is 3.47. The lowest BCUT2D eigenvalue weighted by Crippen LogP contribution is -2.22. The molecule has 0 spiro atoms. The van der Waals surface area contributed by atoms with Gasteiger partial charge in [0.05, 0.1) is 17.9 Å². The number of hydrogen-bond acceptors (Lipinski definition) is 5. The van der Waals surface area contributed by atoms with Gasteiger partial charge in [-0.1, -0.05) is 11.8 Å². The monoisotopic (exact) mass is 353 g/mol. The normalized spacial score (nSPS) is 14.4. The van der Waals surface area contributed by atoms with E-state index in [1.807, 2.05) is 13.0 Å². The molecule has 1 saturated carbocycles. The SMILES string of the molecule is COc1ccc(NC(=O)C(C)Sc2nc(C3CC3)ccc2C#N)cc1. The largest absolute Gasteiger partial charge is 0.497 e. The maximum atomic E-state index is 12.4. The molecule has 1 heterocycles. The van der Waals surface area contributed by atoms with E-state index < -0.39 is 0 Å². The van der Waals surface area contributed by atoms with Gasteiger partial charge < -0.3 is 10.1 Å². The van der Waals surface area contributed by atoms with Crippen LogP contribution in [0.5, 0.6) is 5.75 Å². The van der Waals surface area contributed by atoms with E-state index in [1.165, 1.54) is 11.8 Å². The lowest BCUT2D eigenvalue weighted by molar-refractivity contribution is -0.115. The molecular formula is C19H19N3O2S. The molecule has 2 aromatic rings. The second kappa shape index (κ2) is 7.58. The molecular weight excluding hydrogens is 334 g/mol. The Kier molecular flexibility index (Phi) is 5.25. The molecule has 25 heavy (non-hydrogen) atoms. The third-order valence-electron chi connectivity index (χ3n) is 4.01. The maximum absolute atomic E-state index is 12.4. The molecule has 0 saturated heterocycles. The first kappa shape index (κ1) is 17.3. The number of carbonyl (C=O) groups excluding carboxylic acids is 1. The second-order valence-electron chi connectivity index (χ2n) is 5.95. The molecule has 0 aliphatic heterocycles. The van der Waals surface area contributed by atoms with E-state index in [9.17, 15) is 10.1 Å². The van der Waals surface area contributed by atoms with E-state index in [0.717, 1.165) is 24.3 Å². The van der Waals surface area contributed by atoms with Gasteiger partial charge in [0.15, 0.2) is 0 Å². The zero-order valence-corrected chi connectivity index (χ0v) is 15.0. The average molecular weight is 353 g/mol. The lowest BCUT2D eigenvalue weighted by atomic mass is 10.2. The molecule has 1 aliphatic rings. The molecule has 0 bridgehead atoms. The minimum Gasteiger partial charge on any atom is -0.497 e. The van der Waals surface area contributed by atoms with Crippen LogP contribution < -0.4 is 10.1 Å². The molecule has 5 nitrogen and oxygen atoms in total. The standard InChI is InChI=1S/C19H19N3O2S/c1-12(18(23)21-15-6-8-16(24-2)9-7-15)25-19-14(11-20)5-10-17(22-19)13-3-4-13/h5-10,12-13H,3-4H2,1-2H3,(H,21,23). The first-order valence-electron chi connectivity index (χ1n) is 8.13. The van der Waals surface area contributed by atoms with Gasteiger partial charge in [0.1, 0.15) is 16.8 Å². The van der Waals surface area contributed by atoms with Crippen molar-refractivity contribution in [3.8, 4) is 11.8 Å². The predicted octanol–water partition coefficient (Wildman–Crippen LogP) is 3.96. The van der Waals surface area contributed by atoms with Crippen LogP contribution in [0.25, 0.3) is 0 Å². The van der Waals surface area contributed by atoms with Crippen LogP contribution in [-0.2, 0) is 4.79 Å². The van der Waals surface area contributed by atoms with E-state index in [-0.39, 0.29) is 11.2 Å². The predicted molar refractivity (Wildman–Crippen MR) is 97.9 cm³/mol. The van der Waals surface area contributed by atoms with Gasteiger partial charge in [-0.15, -0.1) is 0 Å². The lowest BCUT2D eigenvalue weighted by Gasteiger charge is -2.13. The van der Waals surface area contributed by atoms with Crippen molar-refractivity contribution >= 4 is 23.4 Å². The van der Waals surface area contributed by atoms with E-state index in [1.54, 1.807) is 37.4 Å². The number of carbonyl (C=O) groups is 1. The van der Waals surface area contributed by atoms with Gasteiger partial charge in [-0.05, 0) is 56.2 Å². The molecule has 128 valence electrons. The maximum Gasteiger partial charge on any atom is 0.237 e. The van der Waals surface area contributed by atoms with Gasteiger partial charge in [0, 0.05) is 17.3 Å². The van der Waals surface area contributed by atoms with Crippen LogP contribution in [0, 0.1) is 11.3 Å². The summed E-state index contributed by atoms with van der Waals surface area (Å²) in [7, 11) is 1.60. The highest BCUT2D eigenvalue weighted by molar-refractivity contribution is 8.00. The molecule has 1 amide bonds. The third-order valence-corrected chi connectivity index (χ3v) is 5.12. The molecule has 1 atom stereocenters. The van der Waals surface area contributed by atoms with Crippen molar-refractivity contribution in [2.45, 2.75) is 36.0 Å². The number of amides is 1. The summed E-state index contributed by atoms with van der Waals surface area (Å²) in [4.78, 5) is 17.0. The van der Waals surface area contributed by atoms with Gasteiger partial charge in [-0.25, -0.2) is 4.98 Å². The summed E-state index contributed by atoms with van der Waals surface area (Å²) in [6, 6.07) is 13.1. The molecule has 0 radical (unpaired) electrons. The summed E-state index contributed by atoms with van der Waals surface area (Å²) >= 11 is 1.32. The number of aromatic nitrogens is 1. The van der Waals surface area contributed by atoms with E-state index in [2.05, 4.69) is 16.4 Å². The van der Waals surface area contributed by atoms with Crippen LogP contribution in [0.1, 0.15) is 36.9 Å². The van der Waals surface area contributed by atoms with E-state index in [0.29, 0.717) is 22.2 Å². The Balaban J connectivity index is 1.68. The summed E-state index contributed by atoms with van der Waals surface area (Å²) in [6.45, 7) is 1.82. The van der Waals surface area contributed by atoms with Crippen LogP contribution in [0.3, 0.4) is 0 Å². The molecule has 6 heteroatoms. The van der Waals surface area contributed by atoms with Gasteiger partial charge in [0.2, 0.25) is 5.91 Å². The van der Waals surface area contributed by atoms with Crippen molar-refractivity contribution in [1.82, 2.24) is 4.98 Å². The van der Waals surface area contributed by atoms with Crippen molar-refractivity contribution in [2.24, 2.45) is 0 Å². The Bertz CT molecular complexity index is 810. The zero-order chi connectivity index (χ0) is 17.8. The number of nitriles is 1. The van der Waals surface area contributed by atoms with E-state index >= 15 is 0 Å². The number of anilines is 1. The van der Waals surface area contributed by atoms with Gasteiger partial charge in [-0.2, -0.15) is 5.26 Å². The quantitative estimate of drug-likeness (QED) is 0.796. The van der Waals surface area contributed by atoms with Crippen molar-refractivity contribution in [3.63, 3.8) is 0 Å². The first-order chi connectivity index (χ1) is 12.1. The number of rotatable bonds is 6. The number of ether oxygens (including phenoxy) is 1. The molecule has 1 aromatic carbocycles. The molecule has 1 aromatic heterocycles. The Hall–Kier alpha value is -2.52. The second-order valence-corrected chi connectivity index (χ2v) is 7.28. The van der Waals surface area contributed by atoms with Crippen molar-refractivity contribution in [3.05, 3.63) is 47.7 Å². The highest BCUT2D eigenvalue weighted by Gasteiger charge is 2.26. The minimum atomic E-state index is -0.365. The summed E-state index contributed by atoms with van der Waals surface area (Å²) in [5.74, 6) is 1.12. The molecule has 1 aliphatic carbocycles. The Morgan fingerprint density at radius 1 is 1.32 bits per heavy atom. The number of methoxy groups -OCH3 is 1. The van der Waals surface area contributed by atoms with Crippen LogP contribution in [-0.4, -0.2) is 23.3 Å². The molecule has 3 rings (SSSR count). The molecule has 1 unspecified atom stereocenters. The van der Waals surface area contributed by atoms with Crippen LogP contribution in [0.2, 0.25) is 0 Å². The highest BCUT2D eigenvalue weighted by atomic mass is 32.2. The number of hydrogen-bond donors (Lipinski definition) is 1. The summed E-state index contributed by atoms with van der Waals surface area (Å²) in [6.07, 6.45) is 2.30. The Morgan fingerprint density at radius 3 is 2.64 bits per heavy atom. The molecule has 1 fully saturated rings. The smallest absolute Gasteiger partial charge is 0.237 e. The number of benzene rings is 1. The number of nitrogens with zero attached hydrogens (tertiary/aromatic N) is 2.